The molecule has 0 spiro atoms. The van der Waals surface area contributed by atoms with Crippen LogP contribution in [0.4, 0.5) is 0 Å². The van der Waals surface area contributed by atoms with Gasteiger partial charge in [-0.05, 0) is 30.9 Å². The van der Waals surface area contributed by atoms with Crippen molar-refractivity contribution in [1.29, 1.82) is 0 Å². The van der Waals surface area contributed by atoms with Gasteiger partial charge in [0.2, 0.25) is 0 Å². The first-order valence-electron chi connectivity index (χ1n) is 6.42. The molecule has 94 valence electrons. The lowest BCUT2D eigenvalue weighted by molar-refractivity contribution is 0.149. The molecule has 1 aromatic heterocycles. The Morgan fingerprint density at radius 2 is 2.22 bits per heavy atom. The van der Waals surface area contributed by atoms with E-state index >= 15 is 0 Å². The van der Waals surface area contributed by atoms with Crippen molar-refractivity contribution < 1.29 is 9.52 Å². The average Bonchev–Trinajstić information content (AvgIpc) is 2.73. The predicted octanol–water partition coefficient (Wildman–Crippen LogP) is 2.42. The number of aliphatic hydroxyl groups excluding tert-OH is 1. The van der Waals surface area contributed by atoms with Crippen molar-refractivity contribution in [1.82, 2.24) is 4.98 Å². The van der Waals surface area contributed by atoms with Gasteiger partial charge in [0.1, 0.15) is 5.76 Å². The van der Waals surface area contributed by atoms with E-state index in [2.05, 4.69) is 24.0 Å². The van der Waals surface area contributed by atoms with Crippen LogP contribution in [-0.2, 0) is 19.3 Å². The van der Waals surface area contributed by atoms with Crippen LogP contribution in [0, 0.1) is 6.92 Å². The molecule has 2 aromatic rings. The van der Waals surface area contributed by atoms with Crippen LogP contribution >= 0.6 is 0 Å². The largest absolute Gasteiger partial charge is 0.445 e. The Kier molecular flexibility index (Phi) is 2.92. The van der Waals surface area contributed by atoms with Crippen LogP contribution < -0.4 is 0 Å². The lowest BCUT2D eigenvalue weighted by atomic mass is 9.99. The van der Waals surface area contributed by atoms with E-state index in [9.17, 15) is 5.11 Å². The van der Waals surface area contributed by atoms with Gasteiger partial charge in [-0.25, -0.2) is 4.98 Å². The number of oxazole rings is 1. The molecule has 3 nitrogen and oxygen atoms in total. The number of benzene rings is 1. The average molecular weight is 243 g/mol. The first kappa shape index (κ1) is 11.5. The van der Waals surface area contributed by atoms with Crippen molar-refractivity contribution >= 4 is 0 Å². The van der Waals surface area contributed by atoms with E-state index in [0.717, 1.165) is 36.6 Å². The summed E-state index contributed by atoms with van der Waals surface area (Å²) in [6.07, 6.45) is 2.69. The van der Waals surface area contributed by atoms with Gasteiger partial charge >= 0.3 is 0 Å². The van der Waals surface area contributed by atoms with E-state index in [1.54, 1.807) is 0 Å². The molecule has 1 aromatic carbocycles. The molecule has 1 N–H and O–H groups in total. The van der Waals surface area contributed by atoms with E-state index in [4.69, 9.17) is 4.42 Å². The monoisotopic (exact) mass is 243 g/mol. The lowest BCUT2D eigenvalue weighted by Crippen LogP contribution is -2.17. The van der Waals surface area contributed by atoms with Gasteiger partial charge < -0.3 is 9.52 Å². The third-order valence-corrected chi connectivity index (χ3v) is 3.56. The number of hydrogen-bond donors (Lipinski definition) is 1. The minimum atomic E-state index is -0.267. The molecule has 0 radical (unpaired) electrons. The summed E-state index contributed by atoms with van der Waals surface area (Å²) < 4.78 is 5.76. The van der Waals surface area contributed by atoms with Crippen molar-refractivity contribution in [3.8, 4) is 0 Å². The second-order valence-electron chi connectivity index (χ2n) is 4.98. The summed E-state index contributed by atoms with van der Waals surface area (Å²) in [5.74, 6) is 1.64. The third kappa shape index (κ3) is 2.18. The fraction of sp³-hybridized carbons (Fsp3) is 0.400. The number of rotatable bonds is 2. The van der Waals surface area contributed by atoms with Gasteiger partial charge in [0, 0.05) is 12.8 Å². The molecule has 1 atom stereocenters. The Morgan fingerprint density at radius 3 is 3.06 bits per heavy atom. The van der Waals surface area contributed by atoms with Crippen LogP contribution in [0.5, 0.6) is 0 Å². The molecule has 1 aliphatic rings. The summed E-state index contributed by atoms with van der Waals surface area (Å²) in [6.45, 7) is 2.10. The van der Waals surface area contributed by atoms with E-state index < -0.39 is 0 Å². The highest BCUT2D eigenvalue weighted by Gasteiger charge is 2.22. The maximum Gasteiger partial charge on any atom is 0.199 e. The Bertz CT molecular complexity index is 559. The van der Waals surface area contributed by atoms with Crippen LogP contribution in [0.1, 0.15) is 34.9 Å². The molecule has 0 bridgehead atoms. The number of hydrogen-bond acceptors (Lipinski definition) is 3. The van der Waals surface area contributed by atoms with Crippen LogP contribution in [0.2, 0.25) is 0 Å². The number of aromatic nitrogens is 1. The third-order valence-electron chi connectivity index (χ3n) is 3.56. The van der Waals surface area contributed by atoms with Gasteiger partial charge in [-0.1, -0.05) is 24.3 Å². The topological polar surface area (TPSA) is 46.3 Å². The first-order valence-corrected chi connectivity index (χ1v) is 6.42. The summed E-state index contributed by atoms with van der Waals surface area (Å²) >= 11 is 0. The summed E-state index contributed by atoms with van der Waals surface area (Å²) in [7, 11) is 0. The molecule has 0 fully saturated rings. The molecule has 1 heterocycles. The van der Waals surface area contributed by atoms with E-state index in [-0.39, 0.29) is 6.10 Å². The lowest BCUT2D eigenvalue weighted by Gasteiger charge is -2.13. The van der Waals surface area contributed by atoms with Crippen LogP contribution in [-0.4, -0.2) is 16.2 Å². The smallest absolute Gasteiger partial charge is 0.199 e. The van der Waals surface area contributed by atoms with Gasteiger partial charge in [0.05, 0.1) is 11.8 Å². The molecule has 3 heteroatoms. The van der Waals surface area contributed by atoms with Gasteiger partial charge in [-0.15, -0.1) is 0 Å². The number of aryl methyl sites for hydroxylation is 2. The van der Waals surface area contributed by atoms with Gasteiger partial charge in [0.25, 0.3) is 0 Å². The zero-order valence-electron chi connectivity index (χ0n) is 10.5. The molecule has 0 amide bonds. The second-order valence-corrected chi connectivity index (χ2v) is 4.98. The SMILES string of the molecule is Cc1ccccc1Cc1nc2c(o1)CC(O)CC2. The minimum Gasteiger partial charge on any atom is -0.445 e. The number of nitrogens with zero attached hydrogens (tertiary/aromatic N) is 1. The molecule has 1 aliphatic carbocycles. The van der Waals surface area contributed by atoms with Gasteiger partial charge in [-0.3, -0.25) is 0 Å². The minimum absolute atomic E-state index is 0.267. The van der Waals surface area contributed by atoms with Crippen LogP contribution in [0.25, 0.3) is 0 Å². The Hall–Kier alpha value is -1.61. The van der Waals surface area contributed by atoms with Crippen molar-refractivity contribution in [2.75, 3.05) is 0 Å². The zero-order valence-corrected chi connectivity index (χ0v) is 10.5. The summed E-state index contributed by atoms with van der Waals surface area (Å²) in [4.78, 5) is 4.54. The van der Waals surface area contributed by atoms with Gasteiger partial charge in [-0.2, -0.15) is 0 Å². The van der Waals surface area contributed by atoms with Crippen molar-refractivity contribution in [3.63, 3.8) is 0 Å². The van der Waals surface area contributed by atoms with E-state index in [1.807, 2.05) is 12.1 Å². The van der Waals surface area contributed by atoms with Gasteiger partial charge in [0.15, 0.2) is 5.89 Å². The maximum absolute atomic E-state index is 9.61. The predicted molar refractivity (Wildman–Crippen MR) is 68.5 cm³/mol. The Morgan fingerprint density at radius 1 is 1.39 bits per heavy atom. The standard InChI is InChI=1S/C15H17NO2/c1-10-4-2-3-5-11(10)8-15-16-13-7-6-12(17)9-14(13)18-15/h2-5,12,17H,6-9H2,1H3. The highest BCUT2D eigenvalue weighted by Crippen LogP contribution is 2.23. The fourth-order valence-corrected chi connectivity index (χ4v) is 2.46. The fourth-order valence-electron chi connectivity index (χ4n) is 2.46. The van der Waals surface area contributed by atoms with Crippen LogP contribution in [0.15, 0.2) is 28.7 Å². The summed E-state index contributed by atoms with van der Waals surface area (Å²) in [6, 6.07) is 8.28. The highest BCUT2D eigenvalue weighted by atomic mass is 16.4. The van der Waals surface area contributed by atoms with Crippen molar-refractivity contribution in [3.05, 3.63) is 52.7 Å². The molecule has 0 aliphatic heterocycles. The zero-order chi connectivity index (χ0) is 12.5. The maximum atomic E-state index is 9.61. The summed E-state index contributed by atoms with van der Waals surface area (Å²) in [5.41, 5.74) is 3.54. The molecule has 0 saturated carbocycles. The quantitative estimate of drug-likeness (QED) is 0.881. The van der Waals surface area contributed by atoms with Crippen LogP contribution in [0.3, 0.4) is 0 Å². The molecular formula is C15H17NO2. The van der Waals surface area contributed by atoms with E-state index in [1.165, 1.54) is 11.1 Å². The number of fused-ring (bicyclic) bond motifs is 1. The van der Waals surface area contributed by atoms with E-state index in [0.29, 0.717) is 6.42 Å². The highest BCUT2D eigenvalue weighted by molar-refractivity contribution is 5.28. The summed E-state index contributed by atoms with van der Waals surface area (Å²) in [5, 5.41) is 9.61. The molecule has 1 unspecified atom stereocenters. The molecule has 18 heavy (non-hydrogen) atoms. The Balaban J connectivity index is 1.84. The first-order chi connectivity index (χ1) is 8.72. The Labute approximate surface area is 106 Å². The van der Waals surface area contributed by atoms with Crippen molar-refractivity contribution in [2.24, 2.45) is 0 Å². The molecule has 3 rings (SSSR count). The molecular weight excluding hydrogens is 226 g/mol. The number of aliphatic hydroxyl groups is 1. The normalized spacial score (nSPS) is 18.7. The molecule has 0 saturated heterocycles. The van der Waals surface area contributed by atoms with Crippen molar-refractivity contribution in [2.45, 2.75) is 38.7 Å². The second kappa shape index (κ2) is 4.58.